The van der Waals surface area contributed by atoms with Crippen LogP contribution in [0.1, 0.15) is 30.8 Å². The summed E-state index contributed by atoms with van der Waals surface area (Å²) >= 11 is 0. The number of aromatic nitrogens is 2. The van der Waals surface area contributed by atoms with Gasteiger partial charge >= 0.3 is 0 Å². The van der Waals surface area contributed by atoms with Crippen LogP contribution in [0.25, 0.3) is 0 Å². The lowest BCUT2D eigenvalue weighted by Gasteiger charge is -2.08. The van der Waals surface area contributed by atoms with Crippen LogP contribution in [0.15, 0.2) is 29.3 Å². The van der Waals surface area contributed by atoms with Crippen molar-refractivity contribution in [3.63, 3.8) is 0 Å². The van der Waals surface area contributed by atoms with Crippen molar-refractivity contribution in [1.29, 1.82) is 0 Å². The third-order valence-electron chi connectivity index (χ3n) is 2.86. The molecule has 9 heteroatoms. The fourth-order valence-electron chi connectivity index (χ4n) is 1.76. The highest BCUT2D eigenvalue weighted by atomic mass is 16.6. The highest BCUT2D eigenvalue weighted by Gasteiger charge is 2.20. The van der Waals surface area contributed by atoms with E-state index in [1.165, 1.54) is 18.6 Å². The van der Waals surface area contributed by atoms with Crippen molar-refractivity contribution in [2.45, 2.75) is 26.3 Å². The van der Waals surface area contributed by atoms with Gasteiger partial charge in [-0.3, -0.25) is 14.9 Å². The van der Waals surface area contributed by atoms with Gasteiger partial charge in [0.25, 0.3) is 5.91 Å². The van der Waals surface area contributed by atoms with E-state index in [0.29, 0.717) is 12.0 Å². The minimum Gasteiger partial charge on any atom is -0.411 e. The second-order valence-electron chi connectivity index (χ2n) is 4.34. The fourth-order valence-corrected chi connectivity index (χ4v) is 1.76. The Labute approximate surface area is 120 Å². The Balaban J connectivity index is 2.67. The van der Waals surface area contributed by atoms with Gasteiger partial charge in [-0.15, -0.1) is 0 Å². The van der Waals surface area contributed by atoms with Crippen LogP contribution in [0.5, 0.6) is 0 Å². The Hall–Kier alpha value is -2.71. The molecular formula is C12H17N5O4. The average Bonchev–Trinajstić information content (AvgIpc) is 2.97. The summed E-state index contributed by atoms with van der Waals surface area (Å²) in [6.45, 7) is 3.22. The van der Waals surface area contributed by atoms with Crippen LogP contribution in [-0.2, 0) is 0 Å². The van der Waals surface area contributed by atoms with Crippen molar-refractivity contribution < 1.29 is 14.9 Å². The summed E-state index contributed by atoms with van der Waals surface area (Å²) < 4.78 is 0. The van der Waals surface area contributed by atoms with Crippen molar-refractivity contribution in [3.05, 3.63) is 40.0 Å². The van der Waals surface area contributed by atoms with Crippen LogP contribution >= 0.6 is 0 Å². The van der Waals surface area contributed by atoms with E-state index in [2.05, 4.69) is 20.4 Å². The molecule has 1 rings (SSSR count). The van der Waals surface area contributed by atoms with Gasteiger partial charge in [-0.05, 0) is 13.0 Å². The summed E-state index contributed by atoms with van der Waals surface area (Å²) in [5.74, 6) is -0.416. The van der Waals surface area contributed by atoms with Crippen molar-refractivity contribution >= 4 is 11.6 Å². The summed E-state index contributed by atoms with van der Waals surface area (Å²) in [6.07, 6.45) is 4.44. The molecule has 0 fully saturated rings. The maximum Gasteiger partial charge on any atom is 0.269 e. The lowest BCUT2D eigenvalue weighted by atomic mass is 10.1. The van der Waals surface area contributed by atoms with E-state index in [1.807, 2.05) is 0 Å². The van der Waals surface area contributed by atoms with Crippen LogP contribution in [0.3, 0.4) is 0 Å². The summed E-state index contributed by atoms with van der Waals surface area (Å²) in [4.78, 5) is 28.4. The molecule has 3 N–H and O–H groups in total. The molecule has 0 aliphatic carbocycles. The molecule has 1 amide bonds. The van der Waals surface area contributed by atoms with Gasteiger partial charge < -0.3 is 15.5 Å². The topological polar surface area (TPSA) is 134 Å². The van der Waals surface area contributed by atoms with Gasteiger partial charge in [0, 0.05) is 16.9 Å². The first-order chi connectivity index (χ1) is 9.99. The van der Waals surface area contributed by atoms with E-state index in [1.54, 1.807) is 13.8 Å². The molecule has 1 unspecified atom stereocenters. The van der Waals surface area contributed by atoms with Gasteiger partial charge in [0.05, 0.1) is 24.8 Å². The first-order valence-electron chi connectivity index (χ1n) is 6.28. The SMILES string of the molecule is CCC(/C(C)=C/C(CNC(=O)c1cnc[nH]1)=N\O)[N+](=O)[O-]. The number of carbonyl (C=O) groups excluding carboxylic acids is 1. The van der Waals surface area contributed by atoms with Gasteiger partial charge in [0.1, 0.15) is 5.69 Å². The van der Waals surface area contributed by atoms with E-state index in [9.17, 15) is 14.9 Å². The fraction of sp³-hybridized carbons (Fsp3) is 0.417. The standard InChI is InChI=1S/C12H17N5O4/c1-3-11(17(20)21)8(2)4-9(16-19)5-14-12(18)10-6-13-7-15-10/h4,6-7,11,19H,3,5H2,1-2H3,(H,13,15)(H,14,18)/b8-4+,16-9+. The number of nitrogens with zero attached hydrogens (tertiary/aromatic N) is 3. The zero-order valence-electron chi connectivity index (χ0n) is 11.7. The first kappa shape index (κ1) is 16.3. The van der Waals surface area contributed by atoms with E-state index in [-0.39, 0.29) is 18.0 Å². The summed E-state index contributed by atoms with van der Waals surface area (Å²) in [5.41, 5.74) is 0.844. The average molecular weight is 295 g/mol. The number of nitrogens with one attached hydrogen (secondary N) is 2. The zero-order valence-corrected chi connectivity index (χ0v) is 11.7. The van der Waals surface area contributed by atoms with Crippen LogP contribution < -0.4 is 5.32 Å². The number of hydrogen-bond donors (Lipinski definition) is 3. The number of rotatable bonds is 7. The van der Waals surface area contributed by atoms with E-state index >= 15 is 0 Å². The number of nitro groups is 1. The molecule has 114 valence electrons. The van der Waals surface area contributed by atoms with Crippen molar-refractivity contribution in [3.8, 4) is 0 Å². The predicted octanol–water partition coefficient (Wildman–Crippen LogP) is 0.971. The van der Waals surface area contributed by atoms with Crippen molar-refractivity contribution in [2.24, 2.45) is 5.16 Å². The normalized spacial score (nSPS) is 13.8. The Kier molecular flexibility index (Phi) is 6.05. The van der Waals surface area contributed by atoms with Crippen LogP contribution in [0, 0.1) is 10.1 Å². The number of amides is 1. The minimum absolute atomic E-state index is 0.0557. The van der Waals surface area contributed by atoms with Gasteiger partial charge in [-0.1, -0.05) is 12.1 Å². The molecule has 1 heterocycles. The molecule has 0 aliphatic rings. The Morgan fingerprint density at radius 3 is 2.90 bits per heavy atom. The molecule has 0 aromatic carbocycles. The molecule has 21 heavy (non-hydrogen) atoms. The highest BCUT2D eigenvalue weighted by Crippen LogP contribution is 2.09. The number of hydrogen-bond acceptors (Lipinski definition) is 6. The van der Waals surface area contributed by atoms with Crippen LogP contribution in [-0.4, -0.2) is 44.3 Å². The zero-order chi connectivity index (χ0) is 15.8. The van der Waals surface area contributed by atoms with E-state index in [0.717, 1.165) is 0 Å². The third kappa shape index (κ3) is 4.71. The summed E-state index contributed by atoms with van der Waals surface area (Å²) in [7, 11) is 0. The molecule has 0 saturated carbocycles. The molecule has 1 aromatic heterocycles. The second-order valence-corrected chi connectivity index (χ2v) is 4.34. The molecule has 9 nitrogen and oxygen atoms in total. The monoisotopic (exact) mass is 295 g/mol. The molecule has 0 saturated heterocycles. The second kappa shape index (κ2) is 7.78. The third-order valence-corrected chi connectivity index (χ3v) is 2.86. The molecule has 0 spiro atoms. The Morgan fingerprint density at radius 1 is 1.71 bits per heavy atom. The lowest BCUT2D eigenvalue weighted by Crippen LogP contribution is -2.30. The predicted molar refractivity (Wildman–Crippen MR) is 75.0 cm³/mol. The Bertz CT molecular complexity index is 550. The smallest absolute Gasteiger partial charge is 0.269 e. The molecule has 1 aromatic rings. The van der Waals surface area contributed by atoms with Crippen LogP contribution in [0.4, 0.5) is 0 Å². The summed E-state index contributed by atoms with van der Waals surface area (Å²) in [5, 5.41) is 25.3. The van der Waals surface area contributed by atoms with E-state index in [4.69, 9.17) is 5.21 Å². The van der Waals surface area contributed by atoms with Gasteiger partial charge in [0.15, 0.2) is 0 Å². The Morgan fingerprint density at radius 2 is 2.43 bits per heavy atom. The molecule has 0 aliphatic heterocycles. The quantitative estimate of drug-likeness (QED) is 0.298. The molecule has 0 radical (unpaired) electrons. The maximum atomic E-state index is 11.7. The van der Waals surface area contributed by atoms with Crippen LogP contribution in [0.2, 0.25) is 0 Å². The number of carbonyl (C=O) groups is 1. The molecule has 1 atom stereocenters. The maximum absolute atomic E-state index is 11.7. The largest absolute Gasteiger partial charge is 0.411 e. The lowest BCUT2D eigenvalue weighted by molar-refractivity contribution is -0.512. The number of oxime groups is 1. The molecular weight excluding hydrogens is 278 g/mol. The number of H-pyrrole nitrogens is 1. The van der Waals surface area contributed by atoms with Gasteiger partial charge in [-0.2, -0.15) is 0 Å². The molecule has 0 bridgehead atoms. The number of imidazole rings is 1. The van der Waals surface area contributed by atoms with Crippen molar-refractivity contribution in [1.82, 2.24) is 15.3 Å². The van der Waals surface area contributed by atoms with Gasteiger partial charge in [0.2, 0.25) is 6.04 Å². The summed E-state index contributed by atoms with van der Waals surface area (Å²) in [6, 6.07) is -0.843. The first-order valence-corrected chi connectivity index (χ1v) is 6.28. The highest BCUT2D eigenvalue weighted by molar-refractivity contribution is 6.01. The van der Waals surface area contributed by atoms with Crippen molar-refractivity contribution in [2.75, 3.05) is 6.54 Å². The van der Waals surface area contributed by atoms with E-state index < -0.39 is 16.9 Å². The minimum atomic E-state index is -0.843. The van der Waals surface area contributed by atoms with Gasteiger partial charge in [-0.25, -0.2) is 4.98 Å². The number of aromatic amines is 1.